The van der Waals surface area contributed by atoms with Crippen LogP contribution in [-0.4, -0.2) is 16.5 Å². The smallest absolute Gasteiger partial charge is 0.222 e. The Kier molecular flexibility index (Phi) is 2.76. The van der Waals surface area contributed by atoms with Crippen molar-refractivity contribution in [1.82, 2.24) is 9.97 Å². The van der Waals surface area contributed by atoms with Gasteiger partial charge in [-0.1, -0.05) is 18.6 Å². The molecule has 3 unspecified atom stereocenters. The van der Waals surface area contributed by atoms with Crippen LogP contribution in [0.3, 0.4) is 0 Å². The first-order chi connectivity index (χ1) is 9.79. The summed E-state index contributed by atoms with van der Waals surface area (Å²) >= 11 is 0. The van der Waals surface area contributed by atoms with E-state index in [1.165, 1.54) is 25.7 Å². The van der Waals surface area contributed by atoms with Gasteiger partial charge >= 0.3 is 0 Å². The maximum Gasteiger partial charge on any atom is 0.222 e. The first-order valence-electron chi connectivity index (χ1n) is 7.56. The summed E-state index contributed by atoms with van der Waals surface area (Å²) in [5, 5.41) is 4.58. The Morgan fingerprint density at radius 3 is 2.85 bits per heavy atom. The molecule has 0 aliphatic heterocycles. The highest BCUT2D eigenvalue weighted by Crippen LogP contribution is 2.48. The fraction of sp³-hybridized carbons (Fsp3) is 0.500. The summed E-state index contributed by atoms with van der Waals surface area (Å²) in [6.07, 6.45) is 5.70. The number of nitrogens with zero attached hydrogens (tertiary/aromatic N) is 2. The SMILES string of the molecule is Nc1nc(NCC2CC3CCC2C3)c2ccccc2n1. The maximum atomic E-state index is 5.81. The van der Waals surface area contributed by atoms with Crippen LogP contribution in [0.15, 0.2) is 24.3 Å². The molecule has 2 saturated carbocycles. The number of anilines is 2. The summed E-state index contributed by atoms with van der Waals surface area (Å²) in [7, 11) is 0. The van der Waals surface area contributed by atoms with Crippen LogP contribution < -0.4 is 11.1 Å². The molecule has 2 aliphatic rings. The molecule has 4 nitrogen and oxygen atoms in total. The molecule has 0 amide bonds. The van der Waals surface area contributed by atoms with Crippen molar-refractivity contribution in [2.45, 2.75) is 25.7 Å². The van der Waals surface area contributed by atoms with Crippen LogP contribution in [0.25, 0.3) is 10.9 Å². The number of para-hydroxylation sites is 1. The number of hydrogen-bond donors (Lipinski definition) is 2. The van der Waals surface area contributed by atoms with E-state index in [1.54, 1.807) is 0 Å². The average Bonchev–Trinajstić information content (AvgIpc) is 3.07. The molecule has 1 heterocycles. The summed E-state index contributed by atoms with van der Waals surface area (Å²) in [4.78, 5) is 8.66. The largest absolute Gasteiger partial charge is 0.369 e. The highest BCUT2D eigenvalue weighted by molar-refractivity contribution is 5.89. The molecule has 2 aliphatic carbocycles. The van der Waals surface area contributed by atoms with Crippen molar-refractivity contribution in [3.8, 4) is 0 Å². The van der Waals surface area contributed by atoms with Crippen molar-refractivity contribution in [1.29, 1.82) is 0 Å². The van der Waals surface area contributed by atoms with E-state index in [9.17, 15) is 0 Å². The predicted octanol–water partition coefficient (Wildman–Crippen LogP) is 3.06. The first kappa shape index (κ1) is 11.9. The molecule has 4 heteroatoms. The van der Waals surface area contributed by atoms with Gasteiger partial charge in [0.2, 0.25) is 5.95 Å². The number of nitrogen functional groups attached to an aromatic ring is 1. The molecular formula is C16H20N4. The number of hydrogen-bond acceptors (Lipinski definition) is 4. The van der Waals surface area contributed by atoms with E-state index in [2.05, 4.69) is 21.4 Å². The summed E-state index contributed by atoms with van der Waals surface area (Å²) in [5.41, 5.74) is 6.72. The number of aromatic nitrogens is 2. The van der Waals surface area contributed by atoms with Crippen molar-refractivity contribution < 1.29 is 0 Å². The minimum atomic E-state index is 0.346. The Morgan fingerprint density at radius 2 is 2.05 bits per heavy atom. The normalized spacial score (nSPS) is 28.1. The van der Waals surface area contributed by atoms with E-state index in [0.717, 1.165) is 41.0 Å². The summed E-state index contributed by atoms with van der Waals surface area (Å²) in [5.74, 6) is 3.95. The minimum absolute atomic E-state index is 0.346. The Bertz CT molecular complexity index is 639. The van der Waals surface area contributed by atoms with Gasteiger partial charge in [-0.25, -0.2) is 4.98 Å². The Hall–Kier alpha value is -1.84. The second kappa shape index (κ2) is 4.62. The quantitative estimate of drug-likeness (QED) is 0.898. The lowest BCUT2D eigenvalue weighted by atomic mass is 9.89. The molecule has 1 aromatic heterocycles. The average molecular weight is 268 g/mol. The monoisotopic (exact) mass is 268 g/mol. The molecular weight excluding hydrogens is 248 g/mol. The van der Waals surface area contributed by atoms with Crippen molar-refractivity contribution in [2.75, 3.05) is 17.6 Å². The molecule has 0 spiro atoms. The predicted molar refractivity (Wildman–Crippen MR) is 81.4 cm³/mol. The highest BCUT2D eigenvalue weighted by atomic mass is 15.1. The zero-order chi connectivity index (χ0) is 13.5. The van der Waals surface area contributed by atoms with Gasteiger partial charge < -0.3 is 11.1 Å². The van der Waals surface area contributed by atoms with E-state index < -0.39 is 0 Å². The van der Waals surface area contributed by atoms with Gasteiger partial charge in [-0.2, -0.15) is 4.98 Å². The Labute approximate surface area is 118 Å². The van der Waals surface area contributed by atoms with Crippen LogP contribution in [-0.2, 0) is 0 Å². The van der Waals surface area contributed by atoms with Crippen LogP contribution in [0.1, 0.15) is 25.7 Å². The van der Waals surface area contributed by atoms with Crippen molar-refractivity contribution >= 4 is 22.7 Å². The number of rotatable bonds is 3. The molecule has 0 saturated heterocycles. The van der Waals surface area contributed by atoms with Gasteiger partial charge in [0.15, 0.2) is 0 Å². The number of nitrogens with two attached hydrogens (primary N) is 1. The van der Waals surface area contributed by atoms with Gasteiger partial charge in [-0.15, -0.1) is 0 Å². The van der Waals surface area contributed by atoms with Crippen LogP contribution in [0.4, 0.5) is 11.8 Å². The first-order valence-corrected chi connectivity index (χ1v) is 7.56. The molecule has 0 radical (unpaired) electrons. The zero-order valence-corrected chi connectivity index (χ0v) is 11.5. The van der Waals surface area contributed by atoms with Gasteiger partial charge in [0, 0.05) is 11.9 Å². The van der Waals surface area contributed by atoms with Gasteiger partial charge in [-0.05, 0) is 49.1 Å². The Morgan fingerprint density at radius 1 is 1.15 bits per heavy atom. The zero-order valence-electron chi connectivity index (χ0n) is 11.5. The maximum absolute atomic E-state index is 5.81. The third kappa shape index (κ3) is 1.99. The third-order valence-corrected chi connectivity index (χ3v) is 5.04. The molecule has 3 atom stereocenters. The van der Waals surface area contributed by atoms with E-state index in [0.29, 0.717) is 5.95 Å². The standard InChI is InChI=1S/C16H20N4/c17-16-19-14-4-2-1-3-13(14)15(20-16)18-9-12-8-10-5-6-11(12)7-10/h1-4,10-12H,5-9H2,(H3,17,18,19,20). The minimum Gasteiger partial charge on any atom is -0.369 e. The Balaban J connectivity index is 1.56. The number of benzene rings is 1. The molecule has 2 bridgehead atoms. The van der Waals surface area contributed by atoms with E-state index in [4.69, 9.17) is 5.73 Å². The second-order valence-electron chi connectivity index (χ2n) is 6.26. The summed E-state index contributed by atoms with van der Waals surface area (Å²) in [6, 6.07) is 8.03. The van der Waals surface area contributed by atoms with Gasteiger partial charge in [-0.3, -0.25) is 0 Å². The van der Waals surface area contributed by atoms with Crippen molar-refractivity contribution in [3.05, 3.63) is 24.3 Å². The molecule has 1 aromatic carbocycles. The molecule has 2 fully saturated rings. The van der Waals surface area contributed by atoms with E-state index in [1.807, 2.05) is 18.2 Å². The number of fused-ring (bicyclic) bond motifs is 3. The fourth-order valence-corrected chi connectivity index (χ4v) is 4.08. The fourth-order valence-electron chi connectivity index (χ4n) is 4.08. The van der Waals surface area contributed by atoms with Crippen molar-refractivity contribution in [3.63, 3.8) is 0 Å². The topological polar surface area (TPSA) is 63.8 Å². The molecule has 3 N–H and O–H groups in total. The van der Waals surface area contributed by atoms with Gasteiger partial charge in [0.05, 0.1) is 5.52 Å². The lowest BCUT2D eigenvalue weighted by Crippen LogP contribution is -2.20. The molecule has 2 aromatic rings. The lowest BCUT2D eigenvalue weighted by molar-refractivity contribution is 0.348. The van der Waals surface area contributed by atoms with E-state index >= 15 is 0 Å². The summed E-state index contributed by atoms with van der Waals surface area (Å²) in [6.45, 7) is 1.02. The van der Waals surface area contributed by atoms with Crippen LogP contribution in [0.5, 0.6) is 0 Å². The second-order valence-corrected chi connectivity index (χ2v) is 6.26. The van der Waals surface area contributed by atoms with Crippen LogP contribution in [0.2, 0.25) is 0 Å². The third-order valence-electron chi connectivity index (χ3n) is 5.04. The molecule has 4 rings (SSSR count). The van der Waals surface area contributed by atoms with Crippen molar-refractivity contribution in [2.24, 2.45) is 17.8 Å². The lowest BCUT2D eigenvalue weighted by Gasteiger charge is -2.22. The van der Waals surface area contributed by atoms with Gasteiger partial charge in [0.1, 0.15) is 5.82 Å². The van der Waals surface area contributed by atoms with E-state index in [-0.39, 0.29) is 0 Å². The van der Waals surface area contributed by atoms with Crippen LogP contribution >= 0.6 is 0 Å². The van der Waals surface area contributed by atoms with Crippen LogP contribution in [0, 0.1) is 17.8 Å². The molecule has 104 valence electrons. The number of nitrogens with one attached hydrogen (secondary N) is 1. The highest BCUT2D eigenvalue weighted by Gasteiger charge is 2.39. The summed E-state index contributed by atoms with van der Waals surface area (Å²) < 4.78 is 0. The molecule has 20 heavy (non-hydrogen) atoms. The van der Waals surface area contributed by atoms with Gasteiger partial charge in [0.25, 0.3) is 0 Å².